The first-order chi connectivity index (χ1) is 7.95. The molecule has 1 aliphatic heterocycles. The van der Waals surface area contributed by atoms with Crippen molar-refractivity contribution in [2.45, 2.75) is 24.0 Å². The minimum absolute atomic E-state index is 0.745. The van der Waals surface area contributed by atoms with E-state index in [2.05, 4.69) is 48.2 Å². The number of thioether (sulfide) groups is 1. The summed E-state index contributed by atoms with van der Waals surface area (Å²) in [6.07, 6.45) is 2.77. The van der Waals surface area contributed by atoms with E-state index in [-0.39, 0.29) is 0 Å². The molecule has 2 atom stereocenters. The molecule has 0 nitrogen and oxygen atoms in total. The molecule has 1 heteroatoms. The molecule has 1 heterocycles. The van der Waals surface area contributed by atoms with E-state index in [9.17, 15) is 0 Å². The molecule has 0 spiro atoms. The Labute approximate surface area is 100 Å². The predicted octanol–water partition coefficient (Wildman–Crippen LogP) is 4.51. The molecule has 0 bridgehead atoms. The van der Waals surface area contributed by atoms with Crippen LogP contribution in [0.3, 0.4) is 0 Å². The highest BCUT2D eigenvalue weighted by Gasteiger charge is 2.35. The lowest BCUT2D eigenvalue weighted by atomic mass is 9.95. The fraction of sp³-hybridized carbons (Fsp3) is 0.333. The van der Waals surface area contributed by atoms with Crippen LogP contribution in [0.4, 0.5) is 0 Å². The third-order valence-corrected chi connectivity index (χ3v) is 5.46. The molecule has 2 aliphatic rings. The third kappa shape index (κ3) is 1.07. The summed E-state index contributed by atoms with van der Waals surface area (Å²) in [5, 5.41) is 3.74. The second-order valence-electron chi connectivity index (χ2n) is 4.83. The Morgan fingerprint density at radius 1 is 1.00 bits per heavy atom. The van der Waals surface area contributed by atoms with Gasteiger partial charge in [0, 0.05) is 11.2 Å². The Hall–Kier alpha value is -0.950. The molecule has 0 amide bonds. The van der Waals surface area contributed by atoms with Gasteiger partial charge >= 0.3 is 0 Å². The topological polar surface area (TPSA) is 0 Å². The average molecular weight is 226 g/mol. The van der Waals surface area contributed by atoms with Gasteiger partial charge < -0.3 is 0 Å². The highest BCUT2D eigenvalue weighted by Crippen LogP contribution is 2.56. The Bertz CT molecular complexity index is 512. The van der Waals surface area contributed by atoms with E-state index in [0.717, 1.165) is 11.2 Å². The zero-order valence-electron chi connectivity index (χ0n) is 9.15. The van der Waals surface area contributed by atoms with Crippen molar-refractivity contribution in [3.63, 3.8) is 0 Å². The molecule has 2 aromatic rings. The predicted molar refractivity (Wildman–Crippen MR) is 71.1 cm³/mol. The normalized spacial score (nSPS) is 27.0. The maximum absolute atomic E-state index is 2.35. The van der Waals surface area contributed by atoms with Crippen LogP contribution < -0.4 is 0 Å². The molecule has 4 rings (SSSR count). The Balaban J connectivity index is 2.07. The van der Waals surface area contributed by atoms with Crippen LogP contribution >= 0.6 is 11.8 Å². The molecular weight excluding hydrogens is 212 g/mol. The molecule has 2 unspecified atom stereocenters. The van der Waals surface area contributed by atoms with Crippen molar-refractivity contribution in [1.82, 2.24) is 0 Å². The van der Waals surface area contributed by atoms with E-state index in [1.54, 1.807) is 16.5 Å². The maximum atomic E-state index is 2.35. The van der Waals surface area contributed by atoms with Gasteiger partial charge in [-0.1, -0.05) is 36.4 Å². The monoisotopic (exact) mass is 226 g/mol. The number of fused-ring (bicyclic) bond motifs is 3. The van der Waals surface area contributed by atoms with Gasteiger partial charge in [-0.05, 0) is 40.5 Å². The largest absolute Gasteiger partial charge is 0.153 e. The van der Waals surface area contributed by atoms with Gasteiger partial charge in [-0.2, -0.15) is 11.8 Å². The Morgan fingerprint density at radius 3 is 2.69 bits per heavy atom. The minimum Gasteiger partial charge on any atom is -0.153 e. The zero-order chi connectivity index (χ0) is 10.5. The van der Waals surface area contributed by atoms with Crippen LogP contribution in [0.1, 0.15) is 35.1 Å². The first-order valence-electron chi connectivity index (χ1n) is 6.08. The smallest absolute Gasteiger partial charge is 0.0372 e. The van der Waals surface area contributed by atoms with Crippen LogP contribution in [0.5, 0.6) is 0 Å². The maximum Gasteiger partial charge on any atom is 0.0372 e. The van der Waals surface area contributed by atoms with Crippen molar-refractivity contribution < 1.29 is 0 Å². The molecule has 80 valence electrons. The first-order valence-corrected chi connectivity index (χ1v) is 7.13. The van der Waals surface area contributed by atoms with Gasteiger partial charge in [0.25, 0.3) is 0 Å². The molecular formula is C15H14S. The molecule has 0 radical (unpaired) electrons. The lowest BCUT2D eigenvalue weighted by Crippen LogP contribution is -2.08. The van der Waals surface area contributed by atoms with Crippen LogP contribution in [-0.2, 0) is 0 Å². The fourth-order valence-electron chi connectivity index (χ4n) is 3.35. The minimum atomic E-state index is 0.745. The zero-order valence-corrected chi connectivity index (χ0v) is 9.96. The SMILES string of the molecule is c1cc2c3c(cccc3c1)C1SCCCC21. The van der Waals surface area contributed by atoms with E-state index in [0.29, 0.717) is 0 Å². The van der Waals surface area contributed by atoms with Gasteiger partial charge in [-0.3, -0.25) is 0 Å². The molecule has 1 saturated heterocycles. The Kier molecular flexibility index (Phi) is 1.86. The molecule has 1 aliphatic carbocycles. The first kappa shape index (κ1) is 9.12. The van der Waals surface area contributed by atoms with E-state index in [1.807, 2.05) is 0 Å². The van der Waals surface area contributed by atoms with Gasteiger partial charge in [0.05, 0.1) is 0 Å². The molecule has 0 saturated carbocycles. The summed E-state index contributed by atoms with van der Waals surface area (Å²) < 4.78 is 0. The van der Waals surface area contributed by atoms with Gasteiger partial charge in [-0.15, -0.1) is 0 Å². The van der Waals surface area contributed by atoms with E-state index >= 15 is 0 Å². The average Bonchev–Trinajstić information content (AvgIpc) is 2.68. The standard InChI is InChI=1S/C15H14S/c1-4-10-5-2-7-13-14(10)11(6-1)12-8-3-9-16-15(12)13/h1-2,4-7,12,15H,3,8-9H2. The number of hydrogen-bond donors (Lipinski definition) is 0. The molecule has 0 aromatic heterocycles. The van der Waals surface area contributed by atoms with Gasteiger partial charge in [0.15, 0.2) is 0 Å². The lowest BCUT2D eigenvalue weighted by Gasteiger charge is -2.26. The van der Waals surface area contributed by atoms with Gasteiger partial charge in [-0.25, -0.2) is 0 Å². The fourth-order valence-corrected chi connectivity index (χ4v) is 4.83. The second-order valence-corrected chi connectivity index (χ2v) is 6.08. The van der Waals surface area contributed by atoms with Crippen LogP contribution in [0.25, 0.3) is 10.8 Å². The van der Waals surface area contributed by atoms with Crippen molar-refractivity contribution in [1.29, 1.82) is 0 Å². The van der Waals surface area contributed by atoms with E-state index in [4.69, 9.17) is 0 Å². The summed E-state index contributed by atoms with van der Waals surface area (Å²) in [4.78, 5) is 0. The summed E-state index contributed by atoms with van der Waals surface area (Å²) in [5.74, 6) is 2.13. The highest BCUT2D eigenvalue weighted by atomic mass is 32.2. The van der Waals surface area contributed by atoms with Crippen LogP contribution in [-0.4, -0.2) is 5.75 Å². The quantitative estimate of drug-likeness (QED) is 0.637. The second kappa shape index (κ2) is 3.27. The van der Waals surface area contributed by atoms with Crippen LogP contribution in [0.2, 0.25) is 0 Å². The number of rotatable bonds is 0. The molecule has 1 fully saturated rings. The molecule has 0 N–H and O–H groups in total. The summed E-state index contributed by atoms with van der Waals surface area (Å²) >= 11 is 2.16. The summed E-state index contributed by atoms with van der Waals surface area (Å²) in [6.45, 7) is 0. The van der Waals surface area contributed by atoms with E-state index in [1.165, 1.54) is 24.0 Å². The lowest BCUT2D eigenvalue weighted by molar-refractivity contribution is 0.604. The number of hydrogen-bond acceptors (Lipinski definition) is 1. The van der Waals surface area contributed by atoms with Crippen molar-refractivity contribution in [2.24, 2.45) is 0 Å². The summed E-state index contributed by atoms with van der Waals surface area (Å²) in [7, 11) is 0. The van der Waals surface area contributed by atoms with Crippen molar-refractivity contribution in [2.75, 3.05) is 5.75 Å². The van der Waals surface area contributed by atoms with Gasteiger partial charge in [0.2, 0.25) is 0 Å². The molecule has 16 heavy (non-hydrogen) atoms. The Morgan fingerprint density at radius 2 is 1.81 bits per heavy atom. The summed E-state index contributed by atoms with van der Waals surface area (Å²) in [6, 6.07) is 13.6. The third-order valence-electron chi connectivity index (χ3n) is 4.00. The molecule has 2 aromatic carbocycles. The van der Waals surface area contributed by atoms with Gasteiger partial charge in [0.1, 0.15) is 0 Å². The number of benzene rings is 2. The van der Waals surface area contributed by atoms with Crippen molar-refractivity contribution in [3.8, 4) is 0 Å². The summed E-state index contributed by atoms with van der Waals surface area (Å²) in [5.41, 5.74) is 3.22. The van der Waals surface area contributed by atoms with Crippen LogP contribution in [0.15, 0.2) is 36.4 Å². The van der Waals surface area contributed by atoms with Crippen molar-refractivity contribution in [3.05, 3.63) is 47.5 Å². The highest BCUT2D eigenvalue weighted by molar-refractivity contribution is 7.99. The van der Waals surface area contributed by atoms with Crippen molar-refractivity contribution >= 4 is 22.5 Å². The van der Waals surface area contributed by atoms with E-state index < -0.39 is 0 Å². The van der Waals surface area contributed by atoms with Crippen LogP contribution in [0, 0.1) is 0 Å².